The van der Waals surface area contributed by atoms with Crippen LogP contribution in [0.1, 0.15) is 60.4 Å². The number of hydrogen-bond acceptors (Lipinski definition) is 4. The molecule has 1 aliphatic heterocycles. The quantitative estimate of drug-likeness (QED) is 0.729. The molecule has 4 rings (SSSR count). The molecule has 1 aliphatic carbocycles. The Bertz CT molecular complexity index is 936. The number of halogens is 3. The van der Waals surface area contributed by atoms with E-state index in [2.05, 4.69) is 16.4 Å². The van der Waals surface area contributed by atoms with Crippen molar-refractivity contribution >= 4 is 5.70 Å². The summed E-state index contributed by atoms with van der Waals surface area (Å²) >= 11 is 0. The first-order chi connectivity index (χ1) is 14.3. The third kappa shape index (κ3) is 4.17. The van der Waals surface area contributed by atoms with E-state index in [1.807, 2.05) is 18.0 Å². The third-order valence-electron chi connectivity index (χ3n) is 6.08. The fraction of sp³-hybridized carbons (Fsp3) is 0.435. The van der Waals surface area contributed by atoms with Gasteiger partial charge in [0.25, 0.3) is 0 Å². The van der Waals surface area contributed by atoms with E-state index >= 15 is 0 Å². The van der Waals surface area contributed by atoms with Crippen molar-refractivity contribution in [3.8, 4) is 5.75 Å². The summed E-state index contributed by atoms with van der Waals surface area (Å²) in [7, 11) is 1.91. The highest BCUT2D eigenvalue weighted by Crippen LogP contribution is 2.41. The highest BCUT2D eigenvalue weighted by atomic mass is 19.4. The molecule has 1 aromatic heterocycles. The average molecular weight is 417 g/mol. The van der Waals surface area contributed by atoms with Crippen molar-refractivity contribution in [2.45, 2.75) is 50.4 Å². The number of benzene rings is 1. The Morgan fingerprint density at radius 3 is 2.57 bits per heavy atom. The van der Waals surface area contributed by atoms with Gasteiger partial charge in [-0.3, -0.25) is 9.88 Å². The number of nitrogens with one attached hydrogen (secondary N) is 1. The fourth-order valence-electron chi connectivity index (χ4n) is 4.52. The van der Waals surface area contributed by atoms with E-state index in [1.54, 1.807) is 12.4 Å². The molecule has 0 radical (unpaired) electrons. The lowest BCUT2D eigenvalue weighted by molar-refractivity contribution is -0.137. The van der Waals surface area contributed by atoms with Crippen LogP contribution < -0.4 is 5.32 Å². The molecule has 2 N–H and O–H groups in total. The van der Waals surface area contributed by atoms with E-state index in [1.165, 1.54) is 25.3 Å². The summed E-state index contributed by atoms with van der Waals surface area (Å²) in [5, 5.41) is 14.2. The predicted molar refractivity (Wildman–Crippen MR) is 110 cm³/mol. The van der Waals surface area contributed by atoms with Crippen LogP contribution in [0.15, 0.2) is 42.7 Å². The summed E-state index contributed by atoms with van der Waals surface area (Å²) in [5.74, 6) is -0.354. The maximum absolute atomic E-state index is 13.0. The molecule has 160 valence electrons. The van der Waals surface area contributed by atoms with Crippen LogP contribution in [0, 0.1) is 0 Å². The monoisotopic (exact) mass is 417 g/mol. The minimum atomic E-state index is -4.49. The number of aromatic nitrogens is 1. The van der Waals surface area contributed by atoms with Gasteiger partial charge in [-0.1, -0.05) is 25.3 Å². The van der Waals surface area contributed by atoms with Gasteiger partial charge in [0.1, 0.15) is 5.75 Å². The average Bonchev–Trinajstić information content (AvgIpc) is 2.85. The van der Waals surface area contributed by atoms with Crippen LogP contribution in [0.4, 0.5) is 13.2 Å². The normalized spacial score (nSPS) is 20.9. The largest absolute Gasteiger partial charge is 0.508 e. The zero-order chi connectivity index (χ0) is 21.3. The first-order valence-corrected chi connectivity index (χ1v) is 10.4. The van der Waals surface area contributed by atoms with E-state index in [9.17, 15) is 18.3 Å². The summed E-state index contributed by atoms with van der Waals surface area (Å²) in [4.78, 5) is 6.32. The summed E-state index contributed by atoms with van der Waals surface area (Å²) in [6.45, 7) is 0.592. The van der Waals surface area contributed by atoms with E-state index in [-0.39, 0.29) is 11.8 Å². The molecule has 1 unspecified atom stereocenters. The first-order valence-electron chi connectivity index (χ1n) is 10.4. The maximum Gasteiger partial charge on any atom is 0.416 e. The Balaban J connectivity index is 1.72. The van der Waals surface area contributed by atoms with Crippen molar-refractivity contribution in [1.29, 1.82) is 0 Å². The first kappa shape index (κ1) is 20.7. The molecular formula is C23H26F3N3O. The van der Waals surface area contributed by atoms with Crippen molar-refractivity contribution in [3.05, 3.63) is 65.0 Å². The van der Waals surface area contributed by atoms with Gasteiger partial charge in [-0.05, 0) is 49.7 Å². The Kier molecular flexibility index (Phi) is 5.73. The van der Waals surface area contributed by atoms with Crippen LogP contribution in [0.2, 0.25) is 0 Å². The molecule has 0 spiro atoms. The van der Waals surface area contributed by atoms with E-state index in [0.29, 0.717) is 18.2 Å². The van der Waals surface area contributed by atoms with Gasteiger partial charge in [-0.2, -0.15) is 13.2 Å². The molecule has 1 saturated carbocycles. The molecule has 2 aromatic rings. The molecular weight excluding hydrogens is 391 g/mol. The molecule has 4 nitrogen and oxygen atoms in total. The fourth-order valence-corrected chi connectivity index (χ4v) is 4.52. The van der Waals surface area contributed by atoms with Gasteiger partial charge in [0.15, 0.2) is 0 Å². The van der Waals surface area contributed by atoms with E-state index in [0.717, 1.165) is 41.8 Å². The molecule has 7 heteroatoms. The zero-order valence-electron chi connectivity index (χ0n) is 16.9. The van der Waals surface area contributed by atoms with Crippen LogP contribution in [-0.2, 0) is 6.18 Å². The number of nitrogens with zero attached hydrogens (tertiary/aromatic N) is 2. The number of phenols is 1. The molecule has 2 aliphatic rings. The topological polar surface area (TPSA) is 48.4 Å². The minimum Gasteiger partial charge on any atom is -0.508 e. The van der Waals surface area contributed by atoms with Crippen molar-refractivity contribution < 1.29 is 18.3 Å². The minimum absolute atomic E-state index is 0.354. The summed E-state index contributed by atoms with van der Waals surface area (Å²) in [5.41, 5.74) is 2.44. The standard InChI is InChI=1S/C23H26F3N3O/c1-29-12-10-20(28-16-5-3-2-4-6-16)19-14-27-11-9-17(19)22(29)18-8-7-15(13-21(18)30)23(24,25)26/h7-11,13-14,16,22,28,30H,2-6,12H2,1H3. The second kappa shape index (κ2) is 8.30. The number of pyridine rings is 1. The second-order valence-corrected chi connectivity index (χ2v) is 8.17. The van der Waals surface area contributed by atoms with Crippen molar-refractivity contribution in [2.24, 2.45) is 0 Å². The van der Waals surface area contributed by atoms with Gasteiger partial charge in [0, 0.05) is 41.8 Å². The smallest absolute Gasteiger partial charge is 0.416 e. The van der Waals surface area contributed by atoms with Gasteiger partial charge in [-0.15, -0.1) is 0 Å². The Hall–Kier alpha value is -2.54. The summed E-state index contributed by atoms with van der Waals surface area (Å²) in [6.07, 6.45) is 7.06. The Morgan fingerprint density at radius 1 is 1.10 bits per heavy atom. The Labute approximate surface area is 174 Å². The summed E-state index contributed by atoms with van der Waals surface area (Å²) in [6, 6.07) is 5.14. The number of rotatable bonds is 3. The van der Waals surface area contributed by atoms with E-state index in [4.69, 9.17) is 0 Å². The van der Waals surface area contributed by atoms with Gasteiger partial charge in [-0.25, -0.2) is 0 Å². The molecule has 0 amide bonds. The lowest BCUT2D eigenvalue weighted by atomic mass is 9.92. The molecule has 0 bridgehead atoms. The van der Waals surface area contributed by atoms with Crippen molar-refractivity contribution in [3.63, 3.8) is 0 Å². The molecule has 0 saturated heterocycles. The predicted octanol–water partition coefficient (Wildman–Crippen LogP) is 5.10. The molecule has 30 heavy (non-hydrogen) atoms. The number of alkyl halides is 3. The zero-order valence-corrected chi connectivity index (χ0v) is 16.9. The molecule has 1 fully saturated rings. The number of fused-ring (bicyclic) bond motifs is 1. The SMILES string of the molecule is CN1CC=C(NC2CCCCC2)c2cnccc2C1c1ccc(C(F)(F)F)cc1O. The van der Waals surface area contributed by atoms with Gasteiger partial charge < -0.3 is 10.4 Å². The number of aromatic hydroxyl groups is 1. The summed E-state index contributed by atoms with van der Waals surface area (Å²) < 4.78 is 39.1. The van der Waals surface area contributed by atoms with Crippen LogP contribution >= 0.6 is 0 Å². The highest BCUT2D eigenvalue weighted by Gasteiger charge is 2.33. The lowest BCUT2D eigenvalue weighted by Gasteiger charge is -2.29. The number of likely N-dealkylation sites (N-methyl/N-ethyl adjacent to an activating group) is 1. The van der Waals surface area contributed by atoms with Crippen LogP contribution in [0.25, 0.3) is 5.70 Å². The molecule has 2 heterocycles. The van der Waals surface area contributed by atoms with Gasteiger partial charge >= 0.3 is 6.18 Å². The number of hydrogen-bond donors (Lipinski definition) is 2. The van der Waals surface area contributed by atoms with Gasteiger partial charge in [0.05, 0.1) is 11.6 Å². The molecule has 1 atom stereocenters. The van der Waals surface area contributed by atoms with Gasteiger partial charge in [0.2, 0.25) is 0 Å². The van der Waals surface area contributed by atoms with E-state index < -0.39 is 11.7 Å². The third-order valence-corrected chi connectivity index (χ3v) is 6.08. The molecule has 1 aromatic carbocycles. The van der Waals surface area contributed by atoms with Crippen LogP contribution in [0.3, 0.4) is 0 Å². The lowest BCUT2D eigenvalue weighted by Crippen LogP contribution is -2.30. The Morgan fingerprint density at radius 2 is 1.87 bits per heavy atom. The van der Waals surface area contributed by atoms with Crippen molar-refractivity contribution in [1.82, 2.24) is 15.2 Å². The van der Waals surface area contributed by atoms with Crippen LogP contribution in [0.5, 0.6) is 5.75 Å². The number of phenolic OH excluding ortho intramolecular Hbond substituents is 1. The van der Waals surface area contributed by atoms with Crippen molar-refractivity contribution in [2.75, 3.05) is 13.6 Å². The van der Waals surface area contributed by atoms with Crippen LogP contribution in [-0.4, -0.2) is 34.6 Å². The maximum atomic E-state index is 13.0. The second-order valence-electron chi connectivity index (χ2n) is 8.17. The highest BCUT2D eigenvalue weighted by molar-refractivity contribution is 5.69.